The molecule has 1 saturated heterocycles. The average molecular weight is 1050 g/mol. The van der Waals surface area contributed by atoms with Crippen LogP contribution in [0.2, 0.25) is 36.3 Å². The predicted molar refractivity (Wildman–Crippen MR) is 290 cm³/mol. The minimum Gasteiger partial charge on any atom is -1.00 e. The quantitative estimate of drug-likeness (QED) is 0.0573. The Labute approximate surface area is 443 Å². The van der Waals surface area contributed by atoms with E-state index in [-0.39, 0.29) is 73.5 Å². The van der Waals surface area contributed by atoms with Crippen LogP contribution in [0, 0.1) is 6.92 Å². The van der Waals surface area contributed by atoms with Gasteiger partial charge in [0.1, 0.15) is 29.3 Å². The van der Waals surface area contributed by atoms with Gasteiger partial charge in [-0.25, -0.2) is 0 Å². The van der Waals surface area contributed by atoms with Crippen LogP contribution in [-0.2, 0) is 22.8 Å². The van der Waals surface area contributed by atoms with Crippen LogP contribution in [-0.4, -0.2) is 89.7 Å². The second kappa shape index (κ2) is 28.7. The molecule has 0 aromatic heterocycles. The van der Waals surface area contributed by atoms with E-state index in [1.165, 1.54) is 0 Å². The Morgan fingerprint density at radius 3 is 1.53 bits per heavy atom. The van der Waals surface area contributed by atoms with E-state index in [0.717, 1.165) is 61.3 Å². The van der Waals surface area contributed by atoms with Gasteiger partial charge in [0.05, 0.1) is 17.3 Å². The number of fused-ring (bicyclic) bond motifs is 1. The zero-order chi connectivity index (χ0) is 46.9. The summed E-state index contributed by atoms with van der Waals surface area (Å²) >= 11 is 0. The molecule has 2 heterocycles. The number of ether oxygens (including phenoxy) is 2. The molecule has 374 valence electrons. The van der Waals surface area contributed by atoms with Crippen LogP contribution < -0.4 is 37.4 Å². The van der Waals surface area contributed by atoms with E-state index in [0.29, 0.717) is 27.6 Å². The normalized spacial score (nSPS) is 15.7. The maximum absolute atomic E-state index is 11.4. The molecule has 15 heteroatoms. The first-order valence-corrected chi connectivity index (χ1v) is 28.1. The standard InChI is InChI=1S/C22H31BO4Si.C19H21BO4.C9H21OSi.3CH4.BrH.Mg/c1-22(2,3)28(4,5)25-15-9-12-21-19-14-13-18(16-20(19)23(24)27-21)26-17-10-7-6-8-11-17;1-18(2)19(3,4)24-20(23-18)17-12-16(11-10-14(17)13-21)22-15-8-6-5-7-9-15;1-7-8-10-11(5,6)9(2,3)4;;;;;/h6-8,10-11,13-14,16,21,24H,9,12,15H2,1-5H3;5-13H,1-4H3;1,7-8H2,2-6H3;3*1H4;1H;/q;;-1;;;;;+2/p-1. The van der Waals surface area contributed by atoms with Gasteiger partial charge in [-0.3, -0.25) is 4.79 Å². The van der Waals surface area contributed by atoms with Crippen LogP contribution in [0.5, 0.6) is 23.0 Å². The number of aldehydes is 1. The molecule has 1 N–H and O–H groups in total. The van der Waals surface area contributed by atoms with Crippen molar-refractivity contribution in [1.29, 1.82) is 0 Å². The summed E-state index contributed by atoms with van der Waals surface area (Å²) < 4.78 is 41.7. The van der Waals surface area contributed by atoms with Crippen molar-refractivity contribution in [3.05, 3.63) is 115 Å². The first kappa shape index (κ1) is 67.8. The van der Waals surface area contributed by atoms with Crippen LogP contribution in [0.25, 0.3) is 0 Å². The maximum atomic E-state index is 11.4. The minimum atomic E-state index is -1.72. The van der Waals surface area contributed by atoms with Crippen LogP contribution >= 0.6 is 0 Å². The van der Waals surface area contributed by atoms with Gasteiger partial charge in [0.15, 0.2) is 16.6 Å². The summed E-state index contributed by atoms with van der Waals surface area (Å²) in [5.74, 6) is 2.84. The van der Waals surface area contributed by atoms with Crippen molar-refractivity contribution in [2.75, 3.05) is 13.2 Å². The van der Waals surface area contributed by atoms with E-state index in [4.69, 9.17) is 32.3 Å². The second-order valence-corrected chi connectivity index (χ2v) is 29.9. The number of carbonyl (C=O) groups excluding carboxylic acids is 1. The van der Waals surface area contributed by atoms with Crippen molar-refractivity contribution in [3.63, 3.8) is 0 Å². The molecule has 4 aromatic rings. The first-order chi connectivity index (χ1) is 29.3. The molecule has 2 aliphatic heterocycles. The molecule has 9 nitrogen and oxygen atoms in total. The molecule has 2 aliphatic rings. The van der Waals surface area contributed by atoms with Gasteiger partial charge in [-0.1, -0.05) is 106 Å². The summed E-state index contributed by atoms with van der Waals surface area (Å²) in [6, 6.07) is 30.2. The van der Waals surface area contributed by atoms with Gasteiger partial charge in [-0.15, -0.1) is 0 Å². The fourth-order valence-electron chi connectivity index (χ4n) is 6.15. The maximum Gasteiger partial charge on any atom is 2.00 e. The largest absolute Gasteiger partial charge is 2.00 e. The van der Waals surface area contributed by atoms with Gasteiger partial charge in [-0.2, -0.15) is 6.42 Å². The molecule has 0 spiro atoms. The third-order valence-corrected chi connectivity index (χ3v) is 22.0. The number of carbonyl (C=O) groups is 1. The molecule has 4 aromatic carbocycles. The Kier molecular flexibility index (Phi) is 28.6. The molecule has 6 rings (SSSR count). The molecule has 0 amide bonds. The van der Waals surface area contributed by atoms with E-state index in [9.17, 15) is 9.82 Å². The zero-order valence-electron chi connectivity index (χ0n) is 41.6. The molecular weight excluding hydrogens is 963 g/mol. The molecule has 0 radical (unpaired) electrons. The Balaban J connectivity index is 0. The van der Waals surface area contributed by atoms with Gasteiger partial charge in [0.25, 0.3) is 0 Å². The molecule has 0 saturated carbocycles. The molecule has 1 unspecified atom stereocenters. The van der Waals surface area contributed by atoms with Gasteiger partial charge in [0, 0.05) is 18.8 Å². The SMILES string of the molecule is C.C.C.CC(C)(C)[Si](C)(C)OCCCC1OB(O)c2cc(Oc3ccccc3)ccc21.CC1(C)OB(c2cc(Oc3ccccc3)ccc2C=O)OC1(C)C.[Br-].[CH2-]CCO[Si](C)(C)C(C)(C)C.[Mg+2]. The van der Waals surface area contributed by atoms with Crippen LogP contribution in [0.15, 0.2) is 97.1 Å². The van der Waals surface area contributed by atoms with Crippen molar-refractivity contribution in [2.24, 2.45) is 0 Å². The molecule has 0 aliphatic carbocycles. The number of para-hydroxylation sites is 2. The summed E-state index contributed by atoms with van der Waals surface area (Å²) in [7, 11) is -4.69. The first-order valence-electron chi connectivity index (χ1n) is 22.3. The zero-order valence-corrected chi connectivity index (χ0v) is 46.6. The third-order valence-electron chi connectivity index (χ3n) is 12.9. The minimum absolute atomic E-state index is 0. The van der Waals surface area contributed by atoms with E-state index >= 15 is 0 Å². The van der Waals surface area contributed by atoms with Crippen molar-refractivity contribution in [3.8, 4) is 23.0 Å². The smallest absolute Gasteiger partial charge is 1.00 e. The van der Waals surface area contributed by atoms with Crippen molar-refractivity contribution in [1.82, 2.24) is 0 Å². The number of hydrogen-bond acceptors (Lipinski definition) is 9. The van der Waals surface area contributed by atoms with Gasteiger partial charge < -0.3 is 61.2 Å². The van der Waals surface area contributed by atoms with Gasteiger partial charge >= 0.3 is 37.3 Å². The Morgan fingerprint density at radius 1 is 0.676 bits per heavy atom. The number of hydrogen-bond donors (Lipinski definition) is 1. The van der Waals surface area contributed by atoms with E-state index in [1.807, 2.05) is 107 Å². The second-order valence-electron chi connectivity index (χ2n) is 20.3. The predicted octanol–water partition coefficient (Wildman–Crippen LogP) is 10.4. The molecule has 0 bridgehead atoms. The van der Waals surface area contributed by atoms with E-state index in [1.54, 1.807) is 18.2 Å². The van der Waals surface area contributed by atoms with E-state index < -0.39 is 42.1 Å². The molecular formula is C53H85B2BrMgO9Si2. The molecule has 68 heavy (non-hydrogen) atoms. The third kappa shape index (κ3) is 18.7. The summed E-state index contributed by atoms with van der Waals surface area (Å²) in [5, 5.41) is 10.9. The van der Waals surface area contributed by atoms with Crippen molar-refractivity contribution in [2.45, 2.75) is 164 Å². The number of halogens is 1. The summed E-state index contributed by atoms with van der Waals surface area (Å²) in [6.45, 7) is 35.8. The van der Waals surface area contributed by atoms with E-state index in [2.05, 4.69) is 74.7 Å². The van der Waals surface area contributed by atoms with Gasteiger partial charge in [0.2, 0.25) is 0 Å². The Bertz CT molecular complexity index is 2050. The topological polar surface area (TPSA) is 102 Å². The van der Waals surface area contributed by atoms with Crippen LogP contribution in [0.4, 0.5) is 0 Å². The summed E-state index contributed by atoms with van der Waals surface area (Å²) in [4.78, 5) is 11.4. The number of rotatable bonds is 14. The van der Waals surface area contributed by atoms with Crippen molar-refractivity contribution >= 4 is 71.1 Å². The monoisotopic (exact) mass is 1050 g/mol. The number of benzene rings is 4. The fraction of sp³-hybridized carbons (Fsp3) is 0.509. The molecule has 1 atom stereocenters. The Hall–Kier alpha value is -2.28. The Morgan fingerprint density at radius 2 is 1.10 bits per heavy atom. The summed E-state index contributed by atoms with van der Waals surface area (Å²) in [6.07, 6.45) is 3.33. The summed E-state index contributed by atoms with van der Waals surface area (Å²) in [5.41, 5.74) is 2.12. The van der Waals surface area contributed by atoms with Crippen LogP contribution in [0.3, 0.4) is 0 Å². The van der Waals surface area contributed by atoms with Gasteiger partial charge in [-0.05, 0) is 148 Å². The van der Waals surface area contributed by atoms with Crippen LogP contribution in [0.1, 0.15) is 133 Å². The molecule has 1 fully saturated rings. The average Bonchev–Trinajstić information content (AvgIpc) is 3.64. The fourth-order valence-corrected chi connectivity index (χ4v) is 8.33. The van der Waals surface area contributed by atoms with Crippen molar-refractivity contribution < 1.29 is 59.1 Å².